The van der Waals surface area contributed by atoms with E-state index in [4.69, 9.17) is 0 Å². The molecule has 1 unspecified atom stereocenters. The zero-order chi connectivity index (χ0) is 12.8. The van der Waals surface area contributed by atoms with E-state index in [9.17, 15) is 9.90 Å². The number of carboxylic acids is 1. The van der Waals surface area contributed by atoms with Crippen molar-refractivity contribution >= 4 is 5.97 Å². The third kappa shape index (κ3) is 5.44. The molecule has 0 saturated carbocycles. The van der Waals surface area contributed by atoms with Crippen LogP contribution in [-0.4, -0.2) is 73.7 Å². The first-order valence-electron chi connectivity index (χ1n) is 5.63. The first-order valence-corrected chi connectivity index (χ1v) is 5.63. The van der Waals surface area contributed by atoms with E-state index in [1.54, 1.807) is 6.92 Å². The molecule has 1 atom stereocenters. The molecule has 0 amide bonds. The number of carbonyl (C=O) groups is 1. The molecule has 96 valence electrons. The van der Waals surface area contributed by atoms with Crippen LogP contribution in [0.2, 0.25) is 0 Å². The van der Waals surface area contributed by atoms with E-state index in [1.807, 2.05) is 33.0 Å². The Morgan fingerprint density at radius 3 is 2.25 bits per heavy atom. The zero-order valence-electron chi connectivity index (χ0n) is 11.1. The zero-order valence-corrected chi connectivity index (χ0v) is 11.1. The second kappa shape index (κ2) is 6.83. The van der Waals surface area contributed by atoms with Crippen molar-refractivity contribution in [3.63, 3.8) is 0 Å². The van der Waals surface area contributed by atoms with Crippen molar-refractivity contribution in [1.82, 2.24) is 15.1 Å². The lowest BCUT2D eigenvalue weighted by Crippen LogP contribution is -2.56. The van der Waals surface area contributed by atoms with Crippen molar-refractivity contribution in [3.05, 3.63) is 0 Å². The Morgan fingerprint density at radius 1 is 1.31 bits per heavy atom. The van der Waals surface area contributed by atoms with E-state index in [0.29, 0.717) is 13.1 Å². The molecular formula is C11H25N3O2. The van der Waals surface area contributed by atoms with Gasteiger partial charge in [0.15, 0.2) is 0 Å². The number of nitrogens with one attached hydrogen (secondary N) is 1. The van der Waals surface area contributed by atoms with Gasteiger partial charge in [-0.05, 0) is 34.6 Å². The molecule has 0 fully saturated rings. The molecule has 0 aliphatic carbocycles. The van der Waals surface area contributed by atoms with Gasteiger partial charge in [-0.3, -0.25) is 4.79 Å². The molecule has 0 aromatic carbocycles. The van der Waals surface area contributed by atoms with Gasteiger partial charge < -0.3 is 20.2 Å². The van der Waals surface area contributed by atoms with Crippen LogP contribution in [0.3, 0.4) is 0 Å². The number of aliphatic carboxylic acids is 1. The standard InChI is InChI=1S/C11H25N3O2/c1-6-12-11(2,10(15)16)9-14(5)8-7-13(3)4/h12H,6-9H2,1-5H3,(H,15,16). The topological polar surface area (TPSA) is 55.8 Å². The molecule has 2 N–H and O–H groups in total. The van der Waals surface area contributed by atoms with Crippen LogP contribution >= 0.6 is 0 Å². The molecule has 0 aliphatic heterocycles. The third-order valence-corrected chi connectivity index (χ3v) is 2.55. The van der Waals surface area contributed by atoms with Crippen LogP contribution in [0.25, 0.3) is 0 Å². The minimum absolute atomic E-state index is 0.504. The third-order valence-electron chi connectivity index (χ3n) is 2.55. The van der Waals surface area contributed by atoms with Crippen molar-refractivity contribution in [2.75, 3.05) is 47.3 Å². The summed E-state index contributed by atoms with van der Waals surface area (Å²) in [6.07, 6.45) is 0. The molecule has 0 rings (SSSR count). The summed E-state index contributed by atoms with van der Waals surface area (Å²) in [5, 5.41) is 12.2. The predicted molar refractivity (Wildman–Crippen MR) is 65.8 cm³/mol. The van der Waals surface area contributed by atoms with Gasteiger partial charge in [0.05, 0.1) is 0 Å². The van der Waals surface area contributed by atoms with Crippen LogP contribution in [-0.2, 0) is 4.79 Å². The Hall–Kier alpha value is -0.650. The fraction of sp³-hybridized carbons (Fsp3) is 0.909. The Kier molecular flexibility index (Phi) is 6.55. The molecule has 0 heterocycles. The van der Waals surface area contributed by atoms with Crippen LogP contribution in [0.15, 0.2) is 0 Å². The predicted octanol–water partition coefficient (Wildman–Crippen LogP) is -0.0674. The molecule has 0 saturated heterocycles. The molecule has 0 bridgehead atoms. The van der Waals surface area contributed by atoms with E-state index in [2.05, 4.69) is 10.2 Å². The largest absolute Gasteiger partial charge is 0.480 e. The fourth-order valence-corrected chi connectivity index (χ4v) is 1.58. The number of rotatable bonds is 8. The van der Waals surface area contributed by atoms with E-state index in [1.165, 1.54) is 0 Å². The van der Waals surface area contributed by atoms with Gasteiger partial charge >= 0.3 is 5.97 Å². The number of nitrogens with zero attached hydrogens (tertiary/aromatic N) is 2. The summed E-state index contributed by atoms with van der Waals surface area (Å²) in [6.45, 7) is 6.60. The highest BCUT2D eigenvalue weighted by molar-refractivity contribution is 5.78. The highest BCUT2D eigenvalue weighted by Crippen LogP contribution is 2.06. The Labute approximate surface area is 98.4 Å². The molecule has 0 radical (unpaired) electrons. The SMILES string of the molecule is CCNC(C)(CN(C)CCN(C)C)C(=O)O. The van der Waals surface area contributed by atoms with Gasteiger partial charge in [-0.1, -0.05) is 6.92 Å². The fourth-order valence-electron chi connectivity index (χ4n) is 1.58. The maximum Gasteiger partial charge on any atom is 0.324 e. The van der Waals surface area contributed by atoms with E-state index >= 15 is 0 Å². The molecule has 0 aromatic heterocycles. The van der Waals surface area contributed by atoms with Gasteiger partial charge in [0.25, 0.3) is 0 Å². The molecular weight excluding hydrogens is 206 g/mol. The lowest BCUT2D eigenvalue weighted by molar-refractivity contribution is -0.144. The monoisotopic (exact) mass is 231 g/mol. The summed E-state index contributed by atoms with van der Waals surface area (Å²) in [5.41, 5.74) is -0.865. The van der Waals surface area contributed by atoms with Crippen molar-refractivity contribution < 1.29 is 9.90 Å². The lowest BCUT2D eigenvalue weighted by Gasteiger charge is -2.31. The summed E-state index contributed by atoms with van der Waals surface area (Å²) in [7, 11) is 5.96. The van der Waals surface area contributed by atoms with Crippen LogP contribution in [0, 0.1) is 0 Å². The van der Waals surface area contributed by atoms with Gasteiger partial charge in [0.1, 0.15) is 5.54 Å². The Morgan fingerprint density at radius 2 is 1.88 bits per heavy atom. The highest BCUT2D eigenvalue weighted by Gasteiger charge is 2.33. The molecule has 0 aliphatic rings. The van der Waals surface area contributed by atoms with Gasteiger partial charge in [0, 0.05) is 19.6 Å². The molecule has 0 spiro atoms. The summed E-state index contributed by atoms with van der Waals surface area (Å²) < 4.78 is 0. The number of hydrogen-bond donors (Lipinski definition) is 2. The van der Waals surface area contributed by atoms with Gasteiger partial charge in [0.2, 0.25) is 0 Å². The van der Waals surface area contributed by atoms with Crippen molar-refractivity contribution in [2.24, 2.45) is 0 Å². The lowest BCUT2D eigenvalue weighted by atomic mass is 10.0. The van der Waals surface area contributed by atoms with Crippen LogP contribution in [0.5, 0.6) is 0 Å². The number of likely N-dealkylation sites (N-methyl/N-ethyl adjacent to an activating group) is 3. The molecule has 0 aromatic rings. The summed E-state index contributed by atoms with van der Waals surface area (Å²) in [5.74, 6) is -0.800. The number of hydrogen-bond acceptors (Lipinski definition) is 4. The van der Waals surface area contributed by atoms with E-state index in [-0.39, 0.29) is 0 Å². The van der Waals surface area contributed by atoms with Crippen molar-refractivity contribution in [1.29, 1.82) is 0 Å². The van der Waals surface area contributed by atoms with Gasteiger partial charge in [-0.15, -0.1) is 0 Å². The average molecular weight is 231 g/mol. The van der Waals surface area contributed by atoms with E-state index < -0.39 is 11.5 Å². The van der Waals surface area contributed by atoms with E-state index in [0.717, 1.165) is 13.1 Å². The van der Waals surface area contributed by atoms with Gasteiger partial charge in [-0.25, -0.2) is 0 Å². The molecule has 5 heteroatoms. The normalized spacial score (nSPS) is 15.4. The smallest absolute Gasteiger partial charge is 0.324 e. The van der Waals surface area contributed by atoms with Crippen LogP contribution < -0.4 is 5.32 Å². The second-order valence-electron chi connectivity index (χ2n) is 4.71. The average Bonchev–Trinajstić information content (AvgIpc) is 2.14. The minimum Gasteiger partial charge on any atom is -0.480 e. The Balaban J connectivity index is 4.23. The maximum atomic E-state index is 11.2. The summed E-state index contributed by atoms with van der Waals surface area (Å²) in [6, 6.07) is 0. The molecule has 16 heavy (non-hydrogen) atoms. The van der Waals surface area contributed by atoms with Crippen molar-refractivity contribution in [3.8, 4) is 0 Å². The first-order chi connectivity index (χ1) is 7.31. The quantitative estimate of drug-likeness (QED) is 0.612. The summed E-state index contributed by atoms with van der Waals surface area (Å²) in [4.78, 5) is 15.3. The maximum absolute atomic E-state index is 11.2. The molecule has 5 nitrogen and oxygen atoms in total. The second-order valence-corrected chi connectivity index (χ2v) is 4.71. The van der Waals surface area contributed by atoms with Crippen LogP contribution in [0.4, 0.5) is 0 Å². The Bertz CT molecular complexity index is 221. The first kappa shape index (κ1) is 15.3. The highest BCUT2D eigenvalue weighted by atomic mass is 16.4. The van der Waals surface area contributed by atoms with Crippen molar-refractivity contribution in [2.45, 2.75) is 19.4 Å². The van der Waals surface area contributed by atoms with Gasteiger partial charge in [-0.2, -0.15) is 0 Å². The van der Waals surface area contributed by atoms with Crippen LogP contribution in [0.1, 0.15) is 13.8 Å². The number of carboxylic acid groups (broad SMARTS) is 1. The summed E-state index contributed by atoms with van der Waals surface area (Å²) >= 11 is 0. The minimum atomic E-state index is -0.865.